The summed E-state index contributed by atoms with van der Waals surface area (Å²) in [6.07, 6.45) is 2.28. The van der Waals surface area contributed by atoms with Crippen LogP contribution in [0, 0.1) is 0 Å². The highest BCUT2D eigenvalue weighted by Crippen LogP contribution is 2.42. The molecule has 0 aliphatic heterocycles. The van der Waals surface area contributed by atoms with Crippen molar-refractivity contribution in [1.29, 1.82) is 0 Å². The summed E-state index contributed by atoms with van der Waals surface area (Å²) < 4.78 is 54.3. The third kappa shape index (κ3) is 3.81. The van der Waals surface area contributed by atoms with Crippen LogP contribution in [0.15, 0.2) is 46.3 Å². The Balaban J connectivity index is 2.18. The number of primary sulfonamides is 1. The molecule has 0 aliphatic rings. The van der Waals surface area contributed by atoms with Gasteiger partial charge in [0.25, 0.3) is 0 Å². The monoisotopic (exact) mass is 489 g/mol. The van der Waals surface area contributed by atoms with Gasteiger partial charge in [-0.2, -0.15) is 10.3 Å². The molecule has 11 nitrogen and oxygen atoms in total. The summed E-state index contributed by atoms with van der Waals surface area (Å²) in [6.45, 7) is 3.47. The third-order valence-electron chi connectivity index (χ3n) is 5.71. The number of sulfonamides is 1. The average molecular weight is 490 g/mol. The molecule has 2 heterocycles. The molecule has 2 aromatic carbocycles. The molecule has 0 unspecified atom stereocenters. The van der Waals surface area contributed by atoms with Crippen LogP contribution < -0.4 is 5.14 Å². The van der Waals surface area contributed by atoms with E-state index in [9.17, 15) is 16.8 Å². The molecule has 4 rings (SSSR count). The number of tetrazole rings is 1. The summed E-state index contributed by atoms with van der Waals surface area (Å²) in [5.41, 5.74) is 1.78. The first-order chi connectivity index (χ1) is 15.6. The van der Waals surface area contributed by atoms with Crippen LogP contribution in [0.2, 0.25) is 0 Å². The molecule has 0 atom stereocenters. The van der Waals surface area contributed by atoms with Crippen LogP contribution in [-0.4, -0.2) is 52.5 Å². The van der Waals surface area contributed by atoms with E-state index in [2.05, 4.69) is 25.7 Å². The van der Waals surface area contributed by atoms with Crippen molar-refractivity contribution in [2.24, 2.45) is 12.2 Å². The van der Waals surface area contributed by atoms with Crippen LogP contribution in [0.3, 0.4) is 0 Å². The SMILES string of the molecule is CCC(CC)S(=O)(=O)c1ccc(-c2cccc3c2cnn3C)c(-c2nn[nH]n2)c1S(N)(=O)=O. The van der Waals surface area contributed by atoms with Crippen molar-refractivity contribution >= 4 is 30.8 Å². The number of nitrogens with one attached hydrogen (secondary N) is 1. The van der Waals surface area contributed by atoms with Crippen molar-refractivity contribution in [2.45, 2.75) is 41.7 Å². The van der Waals surface area contributed by atoms with Gasteiger partial charge in [0.15, 0.2) is 9.84 Å². The molecular formula is C20H23N7O4S2. The van der Waals surface area contributed by atoms with E-state index in [-0.39, 0.29) is 16.3 Å². The number of benzene rings is 2. The maximum Gasteiger partial charge on any atom is 0.240 e. The van der Waals surface area contributed by atoms with Gasteiger partial charge in [0, 0.05) is 12.4 Å². The van der Waals surface area contributed by atoms with Gasteiger partial charge in [-0.15, -0.1) is 10.2 Å². The van der Waals surface area contributed by atoms with Crippen molar-refractivity contribution in [3.8, 4) is 22.5 Å². The van der Waals surface area contributed by atoms with E-state index in [1.807, 2.05) is 6.07 Å². The molecule has 33 heavy (non-hydrogen) atoms. The maximum atomic E-state index is 13.4. The minimum atomic E-state index is -4.52. The molecule has 0 radical (unpaired) electrons. The Morgan fingerprint density at radius 3 is 2.39 bits per heavy atom. The van der Waals surface area contributed by atoms with Crippen LogP contribution in [0.1, 0.15) is 26.7 Å². The van der Waals surface area contributed by atoms with Gasteiger partial charge >= 0.3 is 0 Å². The van der Waals surface area contributed by atoms with Gasteiger partial charge in [-0.3, -0.25) is 4.68 Å². The van der Waals surface area contributed by atoms with E-state index in [0.29, 0.717) is 24.0 Å². The average Bonchev–Trinajstić information content (AvgIpc) is 3.43. The summed E-state index contributed by atoms with van der Waals surface area (Å²) >= 11 is 0. The highest BCUT2D eigenvalue weighted by atomic mass is 32.2. The number of hydrogen-bond acceptors (Lipinski definition) is 8. The topological polar surface area (TPSA) is 167 Å². The minimum Gasteiger partial charge on any atom is -0.268 e. The van der Waals surface area contributed by atoms with Crippen molar-refractivity contribution in [3.05, 3.63) is 36.5 Å². The van der Waals surface area contributed by atoms with Crippen molar-refractivity contribution in [3.63, 3.8) is 0 Å². The van der Waals surface area contributed by atoms with Gasteiger partial charge in [-0.1, -0.05) is 32.0 Å². The molecular weight excluding hydrogens is 466 g/mol. The number of nitrogens with two attached hydrogens (primary N) is 1. The van der Waals surface area contributed by atoms with Crippen molar-refractivity contribution < 1.29 is 16.8 Å². The Morgan fingerprint density at radius 1 is 1.06 bits per heavy atom. The van der Waals surface area contributed by atoms with E-state index < -0.39 is 30.0 Å². The molecule has 174 valence electrons. The van der Waals surface area contributed by atoms with Crippen LogP contribution in [-0.2, 0) is 26.9 Å². The molecule has 0 fully saturated rings. The Labute approximate surface area is 191 Å². The summed E-state index contributed by atoms with van der Waals surface area (Å²) in [5, 5.41) is 23.6. The highest BCUT2D eigenvalue weighted by Gasteiger charge is 2.35. The molecule has 13 heteroatoms. The number of H-pyrrole nitrogens is 1. The number of nitrogens with zero attached hydrogens (tertiary/aromatic N) is 5. The normalized spacial score (nSPS) is 12.6. The number of fused-ring (bicyclic) bond motifs is 1. The standard InChI is InChI=1S/C20H23N7O4S2/c1-4-12(5-2)32(28,29)17-10-9-14(13-7-6-8-16-15(13)11-22-27(16)3)18(19(17)33(21,30)31)20-23-25-26-24-20/h6-12H,4-5H2,1-3H3,(H2,21,30,31)(H,23,24,25,26). The highest BCUT2D eigenvalue weighted by molar-refractivity contribution is 7.94. The summed E-state index contributed by atoms with van der Waals surface area (Å²) in [5.74, 6) is -0.0866. The lowest BCUT2D eigenvalue weighted by Gasteiger charge is -2.20. The number of rotatable bonds is 7. The zero-order valence-electron chi connectivity index (χ0n) is 18.2. The fourth-order valence-electron chi connectivity index (χ4n) is 4.10. The van der Waals surface area contributed by atoms with Gasteiger partial charge in [0.1, 0.15) is 4.90 Å². The van der Waals surface area contributed by atoms with E-state index in [1.165, 1.54) is 6.07 Å². The lowest BCUT2D eigenvalue weighted by atomic mass is 9.96. The largest absolute Gasteiger partial charge is 0.268 e. The molecule has 0 amide bonds. The van der Waals surface area contributed by atoms with Gasteiger partial charge < -0.3 is 0 Å². The van der Waals surface area contributed by atoms with Gasteiger partial charge in [-0.05, 0) is 41.3 Å². The summed E-state index contributed by atoms with van der Waals surface area (Å²) in [7, 11) is -6.77. The molecule has 2 aromatic heterocycles. The van der Waals surface area contributed by atoms with Crippen LogP contribution >= 0.6 is 0 Å². The Morgan fingerprint density at radius 2 is 1.79 bits per heavy atom. The number of aromatic amines is 1. The molecule has 0 saturated heterocycles. The van der Waals surface area contributed by atoms with Crippen LogP contribution in [0.5, 0.6) is 0 Å². The lowest BCUT2D eigenvalue weighted by molar-refractivity contribution is 0.565. The Bertz CT molecular complexity index is 1540. The van der Waals surface area contributed by atoms with Crippen LogP contribution in [0.25, 0.3) is 33.4 Å². The zero-order valence-corrected chi connectivity index (χ0v) is 19.9. The molecule has 0 aliphatic carbocycles. The quantitative estimate of drug-likeness (QED) is 0.398. The van der Waals surface area contributed by atoms with Gasteiger partial charge in [0.05, 0.1) is 27.4 Å². The molecule has 4 aromatic rings. The second-order valence-electron chi connectivity index (χ2n) is 7.59. The smallest absolute Gasteiger partial charge is 0.240 e. The van der Waals surface area contributed by atoms with Crippen LogP contribution in [0.4, 0.5) is 0 Å². The predicted octanol–water partition coefficient (Wildman–Crippen LogP) is 2.03. The number of hydrogen-bond donors (Lipinski definition) is 2. The van der Waals surface area contributed by atoms with E-state index in [4.69, 9.17) is 5.14 Å². The predicted molar refractivity (Wildman–Crippen MR) is 122 cm³/mol. The van der Waals surface area contributed by atoms with E-state index in [0.717, 1.165) is 10.9 Å². The summed E-state index contributed by atoms with van der Waals surface area (Å²) in [4.78, 5) is -0.921. The van der Waals surface area contributed by atoms with Crippen molar-refractivity contribution in [2.75, 3.05) is 0 Å². The maximum absolute atomic E-state index is 13.4. The second kappa shape index (κ2) is 8.32. The van der Waals surface area contributed by atoms with E-state index in [1.54, 1.807) is 50.0 Å². The first-order valence-electron chi connectivity index (χ1n) is 10.2. The first kappa shape index (κ1) is 23.0. The fourth-order valence-corrected chi connectivity index (χ4v) is 7.49. The van der Waals surface area contributed by atoms with Crippen molar-refractivity contribution in [1.82, 2.24) is 30.4 Å². The Hall–Kier alpha value is -3.16. The van der Waals surface area contributed by atoms with Gasteiger partial charge in [0.2, 0.25) is 15.8 Å². The lowest BCUT2D eigenvalue weighted by Crippen LogP contribution is -2.25. The number of sulfone groups is 1. The molecule has 0 bridgehead atoms. The zero-order chi connectivity index (χ0) is 24.0. The number of aromatic nitrogens is 6. The second-order valence-corrected chi connectivity index (χ2v) is 11.3. The number of aryl methyl sites for hydroxylation is 1. The first-order valence-corrected chi connectivity index (χ1v) is 13.3. The molecule has 3 N–H and O–H groups in total. The molecule has 0 spiro atoms. The van der Waals surface area contributed by atoms with Gasteiger partial charge in [-0.25, -0.2) is 22.0 Å². The molecule has 0 saturated carbocycles. The Kier molecular flexibility index (Phi) is 5.80. The minimum absolute atomic E-state index is 0.0327. The fraction of sp³-hybridized carbons (Fsp3) is 0.300. The van der Waals surface area contributed by atoms with E-state index >= 15 is 0 Å². The summed E-state index contributed by atoms with van der Waals surface area (Å²) in [6, 6.07) is 8.29. The third-order valence-corrected chi connectivity index (χ3v) is 9.33.